The molecule has 0 saturated carbocycles. The van der Waals surface area contributed by atoms with Crippen LogP contribution in [0.1, 0.15) is 60.8 Å². The number of hydrogen-bond acceptors (Lipinski definition) is 7. The maximum Gasteiger partial charge on any atom is 0.125 e. The Morgan fingerprint density at radius 2 is 0.961 bits per heavy atom. The highest BCUT2D eigenvalue weighted by atomic mass is 15.2. The fourth-order valence-electron chi connectivity index (χ4n) is 6.86. The number of hydrazine groups is 1. The number of anilines is 2. The zero-order chi connectivity index (χ0) is 35.7. The lowest BCUT2D eigenvalue weighted by Gasteiger charge is -2.31. The lowest BCUT2D eigenvalue weighted by molar-refractivity contribution is 0.173. The van der Waals surface area contributed by atoms with E-state index in [1.54, 1.807) is 0 Å². The largest absolute Gasteiger partial charge is 0.399 e. The Bertz CT molecular complexity index is 1610. The van der Waals surface area contributed by atoms with Gasteiger partial charge in [0.15, 0.2) is 0 Å². The third-order valence-corrected chi connectivity index (χ3v) is 10.1. The average Bonchev–Trinajstić information content (AvgIpc) is 3.17. The molecule has 270 valence electrons. The summed E-state index contributed by atoms with van der Waals surface area (Å²) >= 11 is 0. The molecule has 2 heterocycles. The van der Waals surface area contributed by atoms with E-state index in [4.69, 9.17) is 23.0 Å². The number of nitrogens with two attached hydrogens (primary N) is 4. The summed E-state index contributed by atoms with van der Waals surface area (Å²) in [6.45, 7) is 8.43. The molecule has 0 unspecified atom stereocenters. The molecule has 6 rings (SSSR count). The molecule has 4 aromatic carbocycles. The molecule has 2 aliphatic rings. The molecule has 2 saturated heterocycles. The van der Waals surface area contributed by atoms with Crippen LogP contribution in [0.3, 0.4) is 0 Å². The van der Waals surface area contributed by atoms with E-state index >= 15 is 0 Å². The van der Waals surface area contributed by atoms with Crippen molar-refractivity contribution in [2.75, 3.05) is 50.4 Å². The molecule has 2 aliphatic heterocycles. The molecule has 0 bridgehead atoms. The van der Waals surface area contributed by atoms with Crippen molar-refractivity contribution < 1.29 is 0 Å². The number of piperidine rings is 2. The van der Waals surface area contributed by atoms with Gasteiger partial charge in [0.05, 0.1) is 0 Å². The van der Waals surface area contributed by atoms with Crippen LogP contribution in [0.5, 0.6) is 0 Å². The molecule has 9 heteroatoms. The summed E-state index contributed by atoms with van der Waals surface area (Å²) in [4.78, 5) is 14.2. The van der Waals surface area contributed by atoms with E-state index in [0.29, 0.717) is 11.7 Å². The van der Waals surface area contributed by atoms with Gasteiger partial charge in [-0.3, -0.25) is 25.6 Å². The Labute approximate surface area is 304 Å². The van der Waals surface area contributed by atoms with Gasteiger partial charge in [0.25, 0.3) is 0 Å². The van der Waals surface area contributed by atoms with Gasteiger partial charge in [-0.1, -0.05) is 60.7 Å². The van der Waals surface area contributed by atoms with Crippen molar-refractivity contribution in [2.24, 2.45) is 39.1 Å². The third kappa shape index (κ3) is 12.8. The molecule has 9 nitrogen and oxygen atoms in total. The van der Waals surface area contributed by atoms with E-state index in [0.717, 1.165) is 73.4 Å². The Morgan fingerprint density at radius 3 is 1.35 bits per heavy atom. The Morgan fingerprint density at radius 1 is 0.569 bits per heavy atom. The fourth-order valence-corrected chi connectivity index (χ4v) is 6.86. The lowest BCUT2D eigenvalue weighted by atomic mass is 9.93. The summed E-state index contributed by atoms with van der Waals surface area (Å²) in [5.74, 6) is 8.11. The third-order valence-electron chi connectivity index (χ3n) is 10.1. The molecule has 0 amide bonds. The summed E-state index contributed by atoms with van der Waals surface area (Å²) < 4.78 is 0. The molecule has 0 radical (unpaired) electrons. The zero-order valence-electron chi connectivity index (χ0n) is 30.0. The van der Waals surface area contributed by atoms with Crippen LogP contribution in [0.15, 0.2) is 119 Å². The van der Waals surface area contributed by atoms with Gasteiger partial charge >= 0.3 is 0 Å². The van der Waals surface area contributed by atoms with E-state index < -0.39 is 0 Å². The second kappa shape index (κ2) is 20.2. The fraction of sp³-hybridized carbons (Fsp3) is 0.381. The smallest absolute Gasteiger partial charge is 0.125 e. The molecule has 9 N–H and O–H groups in total. The molecular weight excluding hydrogens is 631 g/mol. The first-order valence-electron chi connectivity index (χ1n) is 18.5. The summed E-state index contributed by atoms with van der Waals surface area (Å²) in [7, 11) is 0. The van der Waals surface area contributed by atoms with E-state index in [9.17, 15) is 0 Å². The van der Waals surface area contributed by atoms with Gasteiger partial charge in [-0.2, -0.15) is 0 Å². The highest BCUT2D eigenvalue weighted by molar-refractivity contribution is 5.98. The van der Waals surface area contributed by atoms with Gasteiger partial charge in [-0.15, -0.1) is 0 Å². The van der Waals surface area contributed by atoms with Crippen LogP contribution in [-0.4, -0.2) is 60.7 Å². The molecule has 0 aliphatic carbocycles. The number of nitrogen functional groups attached to an aromatic ring is 2. The van der Waals surface area contributed by atoms with Crippen LogP contribution in [0.2, 0.25) is 0 Å². The van der Waals surface area contributed by atoms with Crippen molar-refractivity contribution in [3.63, 3.8) is 0 Å². The Hall–Kier alpha value is -4.70. The van der Waals surface area contributed by atoms with E-state index in [1.165, 1.54) is 63.0 Å². The van der Waals surface area contributed by atoms with Gasteiger partial charge < -0.3 is 22.6 Å². The Balaban J connectivity index is 0.000000198. The average molecular weight is 688 g/mol. The summed E-state index contributed by atoms with van der Waals surface area (Å²) in [5.41, 5.74) is 26.8. The summed E-state index contributed by atoms with van der Waals surface area (Å²) in [6, 6.07) is 36.7. The predicted octanol–water partition coefficient (Wildman–Crippen LogP) is 6.26. The lowest BCUT2D eigenvalue weighted by Crippen LogP contribution is -2.33. The molecular formula is C42H57N9. The van der Waals surface area contributed by atoms with Crippen molar-refractivity contribution in [1.29, 1.82) is 0 Å². The molecule has 51 heavy (non-hydrogen) atoms. The Kier molecular flexibility index (Phi) is 14.9. The summed E-state index contributed by atoms with van der Waals surface area (Å²) in [6.07, 6.45) is 7.24. The second-order valence-corrected chi connectivity index (χ2v) is 13.9. The first-order chi connectivity index (χ1) is 24.9. The number of likely N-dealkylation sites (tertiary alicyclic amines) is 2. The second-order valence-electron chi connectivity index (χ2n) is 13.9. The van der Waals surface area contributed by atoms with Crippen LogP contribution < -0.4 is 28.5 Å². The van der Waals surface area contributed by atoms with Gasteiger partial charge in [0.2, 0.25) is 0 Å². The van der Waals surface area contributed by atoms with E-state index in [2.05, 4.69) is 85.9 Å². The minimum atomic E-state index is 0.607. The first kappa shape index (κ1) is 37.6. The monoisotopic (exact) mass is 687 g/mol. The van der Waals surface area contributed by atoms with Gasteiger partial charge in [0.1, 0.15) is 11.7 Å². The molecule has 2 fully saturated rings. The SMILES string of the molecule is NC(=NCCC1CCN(Cc2ccccc2)CC1)c1ccc(N)cc1.NNc1ccc(C(N)=NCCC2CCN(Cc3ccccc3)CC2)cc1. The molecule has 0 atom stereocenters. The van der Waals surface area contributed by atoms with Crippen LogP contribution in [-0.2, 0) is 13.1 Å². The normalized spacial score (nSPS) is 16.7. The van der Waals surface area contributed by atoms with E-state index in [1.807, 2.05) is 48.5 Å². The maximum absolute atomic E-state index is 6.10. The number of nitrogens with zero attached hydrogens (tertiary/aromatic N) is 4. The van der Waals surface area contributed by atoms with Crippen molar-refractivity contribution in [3.05, 3.63) is 131 Å². The standard InChI is InChI=1S/C21H29N5.C21H28N4/c22-21(19-6-8-20(25-23)9-7-19)24-13-10-17-11-14-26(15-12-17)16-18-4-2-1-3-5-18;22-20-8-6-19(7-9-20)21(23)24-13-10-17-11-14-25(15-12-17)16-18-4-2-1-3-5-18/h1-9,17,25H,10-16,23H2,(H2,22,24);1-9,17H,10-16,22H2,(H2,23,24). The molecule has 0 aromatic heterocycles. The molecule has 4 aromatic rings. The predicted molar refractivity (Wildman–Crippen MR) is 214 cm³/mol. The molecule has 0 spiro atoms. The minimum absolute atomic E-state index is 0.607. The van der Waals surface area contributed by atoms with Crippen LogP contribution >= 0.6 is 0 Å². The first-order valence-corrected chi connectivity index (χ1v) is 18.5. The highest BCUT2D eigenvalue weighted by Crippen LogP contribution is 2.23. The number of benzene rings is 4. The van der Waals surface area contributed by atoms with Crippen molar-refractivity contribution >= 4 is 23.0 Å². The van der Waals surface area contributed by atoms with Gasteiger partial charge in [0, 0.05) is 48.7 Å². The number of rotatable bonds is 13. The van der Waals surface area contributed by atoms with Crippen molar-refractivity contribution in [2.45, 2.75) is 51.6 Å². The van der Waals surface area contributed by atoms with Crippen LogP contribution in [0, 0.1) is 11.8 Å². The zero-order valence-corrected chi connectivity index (χ0v) is 30.0. The minimum Gasteiger partial charge on any atom is -0.399 e. The number of hydrogen-bond donors (Lipinski definition) is 5. The van der Waals surface area contributed by atoms with Crippen molar-refractivity contribution in [1.82, 2.24) is 9.80 Å². The maximum atomic E-state index is 6.10. The number of aliphatic imine (C=N–C) groups is 2. The van der Waals surface area contributed by atoms with E-state index in [-0.39, 0.29) is 0 Å². The van der Waals surface area contributed by atoms with Gasteiger partial charge in [-0.05, 0) is 136 Å². The van der Waals surface area contributed by atoms with Crippen LogP contribution in [0.4, 0.5) is 11.4 Å². The highest BCUT2D eigenvalue weighted by Gasteiger charge is 2.20. The summed E-state index contributed by atoms with van der Waals surface area (Å²) in [5, 5.41) is 0. The van der Waals surface area contributed by atoms with Gasteiger partial charge in [-0.25, -0.2) is 0 Å². The van der Waals surface area contributed by atoms with Crippen LogP contribution in [0.25, 0.3) is 0 Å². The van der Waals surface area contributed by atoms with Crippen molar-refractivity contribution in [3.8, 4) is 0 Å². The topological polar surface area (TPSA) is 147 Å². The number of nitrogens with one attached hydrogen (secondary N) is 1. The number of amidine groups is 2. The quantitative estimate of drug-likeness (QED) is 0.0367.